The Bertz CT molecular complexity index is 835. The number of hydrogen-bond acceptors (Lipinski definition) is 5. The molecule has 2 N–H and O–H groups in total. The number of amides is 1. The number of fused-ring (bicyclic) bond motifs is 1. The zero-order valence-corrected chi connectivity index (χ0v) is 12.5. The summed E-state index contributed by atoms with van der Waals surface area (Å²) in [6.07, 6.45) is 4.12. The van der Waals surface area contributed by atoms with Gasteiger partial charge in [0.2, 0.25) is 0 Å². The highest BCUT2D eigenvalue weighted by Gasteiger charge is 2.14. The third-order valence-corrected chi connectivity index (χ3v) is 4.01. The topological polar surface area (TPSA) is 86.8 Å². The summed E-state index contributed by atoms with van der Waals surface area (Å²) in [5.41, 5.74) is 2.62. The predicted octanol–water partition coefficient (Wildman–Crippen LogP) is 2.21. The Kier molecular flexibility index (Phi) is 3.38. The number of anilines is 2. The number of benzene rings is 1. The van der Waals surface area contributed by atoms with E-state index >= 15 is 0 Å². The van der Waals surface area contributed by atoms with E-state index in [4.69, 9.17) is 0 Å². The second-order valence-electron chi connectivity index (χ2n) is 5.58. The Hall–Kier alpha value is -2.96. The molecule has 1 saturated heterocycles. The Labute approximate surface area is 132 Å². The molecule has 23 heavy (non-hydrogen) atoms. The minimum Gasteiger partial charge on any atom is -0.357 e. The molecule has 1 aliphatic heterocycles. The van der Waals surface area contributed by atoms with Crippen LogP contribution >= 0.6 is 0 Å². The molecule has 4 rings (SSSR count). The first-order valence-electron chi connectivity index (χ1n) is 7.62. The molecule has 0 saturated carbocycles. The molecule has 3 aromatic rings. The van der Waals surface area contributed by atoms with Crippen LogP contribution in [0.5, 0.6) is 0 Å². The summed E-state index contributed by atoms with van der Waals surface area (Å²) >= 11 is 0. The van der Waals surface area contributed by atoms with Gasteiger partial charge in [0.1, 0.15) is 16.9 Å². The van der Waals surface area contributed by atoms with Crippen LogP contribution in [0.25, 0.3) is 11.0 Å². The van der Waals surface area contributed by atoms with E-state index in [1.165, 1.54) is 12.8 Å². The van der Waals surface area contributed by atoms with Gasteiger partial charge >= 0.3 is 0 Å². The van der Waals surface area contributed by atoms with Crippen LogP contribution in [-0.4, -0.2) is 39.4 Å². The second kappa shape index (κ2) is 5.68. The summed E-state index contributed by atoms with van der Waals surface area (Å²) < 4.78 is 0. The number of carbonyl (C=O) groups excluding carboxylic acids is 1. The normalized spacial score (nSPS) is 14.3. The molecule has 1 fully saturated rings. The van der Waals surface area contributed by atoms with Gasteiger partial charge in [-0.1, -0.05) is 0 Å². The van der Waals surface area contributed by atoms with E-state index in [2.05, 4.69) is 30.6 Å². The third kappa shape index (κ3) is 2.73. The van der Waals surface area contributed by atoms with Crippen LogP contribution in [0.4, 0.5) is 11.5 Å². The van der Waals surface area contributed by atoms with Crippen molar-refractivity contribution in [3.05, 3.63) is 42.1 Å². The van der Waals surface area contributed by atoms with Gasteiger partial charge in [0.05, 0.1) is 11.9 Å². The molecule has 0 aliphatic carbocycles. The molecule has 0 spiro atoms. The number of H-pyrrole nitrogens is 1. The molecular weight excluding hydrogens is 292 g/mol. The van der Waals surface area contributed by atoms with Gasteiger partial charge in [-0.3, -0.25) is 4.79 Å². The first kappa shape index (κ1) is 13.7. The maximum absolute atomic E-state index is 12.3. The monoisotopic (exact) mass is 308 g/mol. The highest BCUT2D eigenvalue weighted by molar-refractivity contribution is 6.05. The molecule has 7 nitrogen and oxygen atoms in total. The van der Waals surface area contributed by atoms with Gasteiger partial charge < -0.3 is 10.2 Å². The zero-order chi connectivity index (χ0) is 15.6. The summed E-state index contributed by atoms with van der Waals surface area (Å²) in [5.74, 6) is 0.773. The third-order valence-electron chi connectivity index (χ3n) is 4.01. The average molecular weight is 308 g/mol. The number of pyridine rings is 1. The molecule has 1 aliphatic rings. The van der Waals surface area contributed by atoms with Crippen LogP contribution in [-0.2, 0) is 0 Å². The maximum Gasteiger partial charge on any atom is 0.255 e. The van der Waals surface area contributed by atoms with Crippen LogP contribution in [0.15, 0.2) is 36.5 Å². The van der Waals surface area contributed by atoms with Gasteiger partial charge in [-0.05, 0) is 43.2 Å². The molecule has 0 unspecified atom stereocenters. The quantitative estimate of drug-likeness (QED) is 0.774. The summed E-state index contributed by atoms with van der Waals surface area (Å²) in [7, 11) is 0. The fourth-order valence-corrected chi connectivity index (χ4v) is 2.78. The van der Waals surface area contributed by atoms with Gasteiger partial charge in [-0.25, -0.2) is 4.98 Å². The number of nitrogens with one attached hydrogen (secondary N) is 2. The van der Waals surface area contributed by atoms with E-state index in [0.717, 1.165) is 24.4 Å². The van der Waals surface area contributed by atoms with Gasteiger partial charge in [0.15, 0.2) is 0 Å². The predicted molar refractivity (Wildman–Crippen MR) is 87.5 cm³/mol. The van der Waals surface area contributed by atoms with Crippen molar-refractivity contribution in [3.8, 4) is 0 Å². The van der Waals surface area contributed by atoms with Crippen LogP contribution in [0.1, 0.15) is 23.2 Å². The van der Waals surface area contributed by atoms with Gasteiger partial charge in [-0.2, -0.15) is 15.4 Å². The molecule has 0 bridgehead atoms. The van der Waals surface area contributed by atoms with E-state index in [1.807, 2.05) is 12.1 Å². The van der Waals surface area contributed by atoms with E-state index in [-0.39, 0.29) is 5.91 Å². The van der Waals surface area contributed by atoms with Crippen molar-refractivity contribution in [1.29, 1.82) is 0 Å². The Morgan fingerprint density at radius 2 is 1.91 bits per heavy atom. The SMILES string of the molecule is O=C(Nc1ccc(N2CCCC2)nc1)c1ccc2n[nH]nc2c1. The lowest BCUT2D eigenvalue weighted by molar-refractivity contribution is 0.102. The molecule has 116 valence electrons. The van der Waals surface area contributed by atoms with Crippen molar-refractivity contribution in [2.24, 2.45) is 0 Å². The van der Waals surface area contributed by atoms with Crippen molar-refractivity contribution in [3.63, 3.8) is 0 Å². The zero-order valence-electron chi connectivity index (χ0n) is 12.5. The van der Waals surface area contributed by atoms with E-state index in [0.29, 0.717) is 16.8 Å². The minimum atomic E-state index is -0.189. The van der Waals surface area contributed by atoms with Gasteiger partial charge in [-0.15, -0.1) is 0 Å². The maximum atomic E-state index is 12.3. The smallest absolute Gasteiger partial charge is 0.255 e. The molecule has 1 amide bonds. The number of aromatic amines is 1. The number of carbonyl (C=O) groups is 1. The molecule has 0 atom stereocenters. The summed E-state index contributed by atoms with van der Waals surface area (Å²) in [5, 5.41) is 13.4. The highest BCUT2D eigenvalue weighted by atomic mass is 16.1. The summed E-state index contributed by atoms with van der Waals surface area (Å²) in [6.45, 7) is 2.10. The highest BCUT2D eigenvalue weighted by Crippen LogP contribution is 2.19. The lowest BCUT2D eigenvalue weighted by atomic mass is 10.2. The lowest BCUT2D eigenvalue weighted by Gasteiger charge is -2.16. The van der Waals surface area contributed by atoms with Crippen LogP contribution < -0.4 is 10.2 Å². The summed E-state index contributed by atoms with van der Waals surface area (Å²) in [4.78, 5) is 19.0. The van der Waals surface area contributed by atoms with Gasteiger partial charge in [0, 0.05) is 18.7 Å². The van der Waals surface area contributed by atoms with Crippen molar-refractivity contribution in [1.82, 2.24) is 20.4 Å². The molecule has 1 aromatic carbocycles. The van der Waals surface area contributed by atoms with Gasteiger partial charge in [0.25, 0.3) is 5.91 Å². The molecule has 7 heteroatoms. The largest absolute Gasteiger partial charge is 0.357 e. The Morgan fingerprint density at radius 3 is 2.70 bits per heavy atom. The number of hydrogen-bond donors (Lipinski definition) is 2. The van der Waals surface area contributed by atoms with Crippen LogP contribution in [0, 0.1) is 0 Å². The Balaban J connectivity index is 1.49. The van der Waals surface area contributed by atoms with Crippen molar-refractivity contribution < 1.29 is 4.79 Å². The first-order chi connectivity index (χ1) is 11.3. The summed E-state index contributed by atoms with van der Waals surface area (Å²) in [6, 6.07) is 9.03. The first-order valence-corrected chi connectivity index (χ1v) is 7.62. The van der Waals surface area contributed by atoms with Crippen molar-refractivity contribution in [2.45, 2.75) is 12.8 Å². The molecule has 0 radical (unpaired) electrons. The van der Waals surface area contributed by atoms with Crippen molar-refractivity contribution >= 4 is 28.4 Å². The van der Waals surface area contributed by atoms with E-state index in [1.54, 1.807) is 24.4 Å². The van der Waals surface area contributed by atoms with Crippen molar-refractivity contribution in [2.75, 3.05) is 23.3 Å². The number of nitrogens with zero attached hydrogens (tertiary/aromatic N) is 4. The second-order valence-corrected chi connectivity index (χ2v) is 5.58. The number of aromatic nitrogens is 4. The van der Waals surface area contributed by atoms with Crippen LogP contribution in [0.3, 0.4) is 0 Å². The number of rotatable bonds is 3. The fraction of sp³-hybridized carbons (Fsp3) is 0.250. The standard InChI is InChI=1S/C16H16N6O/c23-16(11-3-5-13-14(9-11)20-21-19-13)18-12-4-6-15(17-10-12)22-7-1-2-8-22/h3-6,9-10H,1-2,7-8H2,(H,18,23)(H,19,20,21). The molecule has 2 aromatic heterocycles. The molecule has 3 heterocycles. The van der Waals surface area contributed by atoms with Crippen LogP contribution in [0.2, 0.25) is 0 Å². The van der Waals surface area contributed by atoms with E-state index < -0.39 is 0 Å². The average Bonchev–Trinajstić information content (AvgIpc) is 3.26. The fourth-order valence-electron chi connectivity index (χ4n) is 2.78. The lowest BCUT2D eigenvalue weighted by Crippen LogP contribution is -2.19. The Morgan fingerprint density at radius 1 is 1.09 bits per heavy atom. The minimum absolute atomic E-state index is 0.189. The molecular formula is C16H16N6O. The van der Waals surface area contributed by atoms with E-state index in [9.17, 15) is 4.79 Å².